The van der Waals surface area contributed by atoms with Crippen molar-refractivity contribution < 1.29 is 9.53 Å². The van der Waals surface area contributed by atoms with E-state index in [9.17, 15) is 4.79 Å². The van der Waals surface area contributed by atoms with Crippen molar-refractivity contribution in [2.75, 3.05) is 13.2 Å². The zero-order chi connectivity index (χ0) is 11.3. The first-order valence-electron chi connectivity index (χ1n) is 5.32. The van der Waals surface area contributed by atoms with Crippen molar-refractivity contribution in [2.45, 2.75) is 32.2 Å². The lowest BCUT2D eigenvalue weighted by Crippen LogP contribution is -2.46. The van der Waals surface area contributed by atoms with Gasteiger partial charge in [0, 0.05) is 19.1 Å². The van der Waals surface area contributed by atoms with Gasteiger partial charge in [0.05, 0.1) is 11.0 Å². The van der Waals surface area contributed by atoms with E-state index in [0.717, 1.165) is 19.3 Å². The van der Waals surface area contributed by atoms with Gasteiger partial charge < -0.3 is 15.8 Å². The molecule has 3 N–H and O–H groups in total. The van der Waals surface area contributed by atoms with Crippen LogP contribution >= 0.6 is 12.2 Å². The van der Waals surface area contributed by atoms with Gasteiger partial charge in [-0.15, -0.1) is 0 Å². The third kappa shape index (κ3) is 3.76. The number of carbonyl (C=O) groups excluding carboxylic acids is 1. The Morgan fingerprint density at radius 3 is 2.67 bits per heavy atom. The summed E-state index contributed by atoms with van der Waals surface area (Å²) in [5, 5.41) is 2.88. The predicted octanol–water partition coefficient (Wildman–Crippen LogP) is 0.594. The predicted molar refractivity (Wildman–Crippen MR) is 62.6 cm³/mol. The van der Waals surface area contributed by atoms with E-state index in [1.165, 1.54) is 0 Å². The molecule has 0 aliphatic carbocycles. The van der Waals surface area contributed by atoms with Crippen molar-refractivity contribution in [2.24, 2.45) is 11.7 Å². The summed E-state index contributed by atoms with van der Waals surface area (Å²) in [4.78, 5) is 12.1. The summed E-state index contributed by atoms with van der Waals surface area (Å²) in [5.41, 5.74) is 5.52. The fraction of sp³-hybridized carbons (Fsp3) is 0.800. The molecule has 1 heterocycles. The Bertz CT molecular complexity index is 240. The van der Waals surface area contributed by atoms with Crippen LogP contribution in [0.3, 0.4) is 0 Å². The Morgan fingerprint density at radius 2 is 2.20 bits per heavy atom. The minimum atomic E-state index is -0.171. The van der Waals surface area contributed by atoms with Crippen molar-refractivity contribution in [3.8, 4) is 0 Å². The number of hydrogen-bond donors (Lipinski definition) is 2. The highest BCUT2D eigenvalue weighted by molar-refractivity contribution is 7.80. The number of amides is 1. The second kappa shape index (κ2) is 6.02. The summed E-state index contributed by atoms with van der Waals surface area (Å²) in [6, 6.07) is -0.171. The van der Waals surface area contributed by atoms with Crippen LogP contribution in [-0.2, 0) is 9.53 Å². The first-order valence-corrected chi connectivity index (χ1v) is 5.73. The fourth-order valence-electron chi connectivity index (χ4n) is 1.62. The molecule has 1 atom stereocenters. The van der Waals surface area contributed by atoms with Crippen molar-refractivity contribution in [1.29, 1.82) is 0 Å². The van der Waals surface area contributed by atoms with Crippen LogP contribution in [0, 0.1) is 5.92 Å². The Morgan fingerprint density at radius 1 is 1.60 bits per heavy atom. The normalized spacial score (nSPS) is 19.5. The van der Waals surface area contributed by atoms with Crippen LogP contribution in [0.4, 0.5) is 0 Å². The molecule has 1 fully saturated rings. The monoisotopic (exact) mass is 230 g/mol. The largest absolute Gasteiger partial charge is 0.392 e. The molecule has 15 heavy (non-hydrogen) atoms. The highest BCUT2D eigenvalue weighted by atomic mass is 32.1. The zero-order valence-corrected chi connectivity index (χ0v) is 9.81. The molecule has 0 aromatic carbocycles. The molecule has 0 spiro atoms. The highest BCUT2D eigenvalue weighted by Crippen LogP contribution is 2.14. The van der Waals surface area contributed by atoms with Crippen molar-refractivity contribution >= 4 is 23.1 Å². The molecule has 0 aromatic rings. The summed E-state index contributed by atoms with van der Waals surface area (Å²) >= 11 is 4.87. The summed E-state index contributed by atoms with van der Waals surface area (Å²) in [7, 11) is 0. The molecule has 1 unspecified atom stereocenters. The minimum absolute atomic E-state index is 0.0537. The Labute approximate surface area is 95.5 Å². The average Bonchev–Trinajstić information content (AvgIpc) is 2.26. The van der Waals surface area contributed by atoms with Crippen LogP contribution < -0.4 is 11.1 Å². The maximum Gasteiger partial charge on any atom is 0.223 e. The van der Waals surface area contributed by atoms with E-state index in [-0.39, 0.29) is 17.9 Å². The molecule has 0 radical (unpaired) electrons. The first kappa shape index (κ1) is 12.4. The summed E-state index contributed by atoms with van der Waals surface area (Å²) in [6.07, 6.45) is 2.32. The molecular weight excluding hydrogens is 212 g/mol. The number of nitrogens with one attached hydrogen (secondary N) is 1. The van der Waals surface area contributed by atoms with Crippen LogP contribution in [0.2, 0.25) is 0 Å². The second-order valence-electron chi connectivity index (χ2n) is 3.76. The summed E-state index contributed by atoms with van der Waals surface area (Å²) in [6.45, 7) is 3.29. The van der Waals surface area contributed by atoms with Gasteiger partial charge in [-0.25, -0.2) is 0 Å². The molecule has 1 amide bonds. The maximum atomic E-state index is 11.8. The zero-order valence-electron chi connectivity index (χ0n) is 8.99. The molecule has 1 rings (SSSR count). The summed E-state index contributed by atoms with van der Waals surface area (Å²) in [5.74, 6) is 0.111. The van der Waals surface area contributed by atoms with Gasteiger partial charge in [-0.2, -0.15) is 0 Å². The van der Waals surface area contributed by atoms with Gasteiger partial charge >= 0.3 is 0 Å². The molecule has 1 aliphatic heterocycles. The van der Waals surface area contributed by atoms with Crippen LogP contribution in [0.5, 0.6) is 0 Å². The molecule has 0 bridgehead atoms. The van der Waals surface area contributed by atoms with Gasteiger partial charge in [0.25, 0.3) is 0 Å². The van der Waals surface area contributed by atoms with Gasteiger partial charge in [-0.1, -0.05) is 19.1 Å². The first-order chi connectivity index (χ1) is 7.15. The molecule has 5 heteroatoms. The topological polar surface area (TPSA) is 64.3 Å². The molecule has 0 aromatic heterocycles. The van der Waals surface area contributed by atoms with Crippen LogP contribution in [0.25, 0.3) is 0 Å². The highest BCUT2D eigenvalue weighted by Gasteiger charge is 2.23. The van der Waals surface area contributed by atoms with Gasteiger partial charge in [0.1, 0.15) is 0 Å². The smallest absolute Gasteiger partial charge is 0.223 e. The van der Waals surface area contributed by atoms with E-state index >= 15 is 0 Å². The second-order valence-corrected chi connectivity index (χ2v) is 4.23. The van der Waals surface area contributed by atoms with Gasteiger partial charge in [0.15, 0.2) is 0 Å². The number of carbonyl (C=O) groups is 1. The quantitative estimate of drug-likeness (QED) is 0.694. The standard InChI is InChI=1S/C10H18N2O2S/c1-2-8(9(11)15)12-10(13)7-3-5-14-6-4-7/h7-8H,2-6H2,1H3,(H2,11,15)(H,12,13). The lowest BCUT2D eigenvalue weighted by molar-refractivity contribution is -0.128. The third-order valence-electron chi connectivity index (χ3n) is 2.66. The van der Waals surface area contributed by atoms with E-state index in [0.29, 0.717) is 18.2 Å². The molecule has 86 valence electrons. The number of ether oxygens (including phenoxy) is 1. The third-order valence-corrected chi connectivity index (χ3v) is 2.94. The van der Waals surface area contributed by atoms with E-state index in [1.54, 1.807) is 0 Å². The molecule has 1 aliphatic rings. The van der Waals surface area contributed by atoms with Gasteiger partial charge in [-0.05, 0) is 19.3 Å². The van der Waals surface area contributed by atoms with Crippen LogP contribution in [0.1, 0.15) is 26.2 Å². The average molecular weight is 230 g/mol. The van der Waals surface area contributed by atoms with Crippen molar-refractivity contribution in [3.63, 3.8) is 0 Å². The van der Waals surface area contributed by atoms with Crippen molar-refractivity contribution in [1.82, 2.24) is 5.32 Å². The Balaban J connectivity index is 2.42. The molecular formula is C10H18N2O2S. The number of thiocarbonyl (C=S) groups is 1. The minimum Gasteiger partial charge on any atom is -0.392 e. The number of nitrogens with two attached hydrogens (primary N) is 1. The fourth-order valence-corrected chi connectivity index (χ4v) is 1.85. The van der Waals surface area contributed by atoms with Crippen LogP contribution in [-0.4, -0.2) is 30.2 Å². The van der Waals surface area contributed by atoms with Gasteiger partial charge in [0.2, 0.25) is 5.91 Å². The van der Waals surface area contributed by atoms with E-state index in [1.807, 2.05) is 6.92 Å². The summed E-state index contributed by atoms with van der Waals surface area (Å²) < 4.78 is 5.20. The van der Waals surface area contributed by atoms with Crippen molar-refractivity contribution in [3.05, 3.63) is 0 Å². The lowest BCUT2D eigenvalue weighted by Gasteiger charge is -2.24. The Kier molecular flexibility index (Phi) is 4.98. The lowest BCUT2D eigenvalue weighted by atomic mass is 9.99. The molecule has 0 saturated carbocycles. The maximum absolute atomic E-state index is 11.8. The molecule has 1 saturated heterocycles. The number of rotatable bonds is 4. The Hall–Kier alpha value is -0.680. The van der Waals surface area contributed by atoms with E-state index in [4.69, 9.17) is 22.7 Å². The van der Waals surface area contributed by atoms with Crippen LogP contribution in [0.15, 0.2) is 0 Å². The van der Waals surface area contributed by atoms with Gasteiger partial charge in [-0.3, -0.25) is 4.79 Å². The number of hydrogen-bond acceptors (Lipinski definition) is 3. The molecule has 4 nitrogen and oxygen atoms in total. The van der Waals surface area contributed by atoms with E-state index in [2.05, 4.69) is 5.32 Å². The van der Waals surface area contributed by atoms with E-state index < -0.39 is 0 Å². The SMILES string of the molecule is CCC(NC(=O)C1CCOCC1)C(N)=S.